The molecule has 8 heteroatoms. The third-order valence-electron chi connectivity index (χ3n) is 4.85. The Kier molecular flexibility index (Phi) is 6.34. The summed E-state index contributed by atoms with van der Waals surface area (Å²) in [5, 5.41) is 9.67. The number of nitrogens with zero attached hydrogens (tertiary/aromatic N) is 3. The van der Waals surface area contributed by atoms with Crippen molar-refractivity contribution in [2.75, 3.05) is 5.32 Å². The number of hydrogen-bond acceptors (Lipinski definition) is 5. The molecule has 2 aromatic carbocycles. The summed E-state index contributed by atoms with van der Waals surface area (Å²) in [5.41, 5.74) is 4.29. The van der Waals surface area contributed by atoms with Crippen molar-refractivity contribution in [2.24, 2.45) is 0 Å². The lowest BCUT2D eigenvalue weighted by Crippen LogP contribution is -2.12. The zero-order valence-electron chi connectivity index (χ0n) is 17.1. The number of halogens is 1. The Bertz CT molecular complexity index is 1200. The van der Waals surface area contributed by atoms with Gasteiger partial charge in [0.25, 0.3) is 5.91 Å². The molecule has 2 heterocycles. The van der Waals surface area contributed by atoms with Crippen LogP contribution in [-0.2, 0) is 13.2 Å². The van der Waals surface area contributed by atoms with Crippen molar-refractivity contribution in [3.8, 4) is 5.75 Å². The van der Waals surface area contributed by atoms with Crippen LogP contribution >= 0.6 is 22.9 Å². The van der Waals surface area contributed by atoms with Gasteiger partial charge in [-0.25, -0.2) is 9.67 Å². The first-order valence-corrected chi connectivity index (χ1v) is 11.0. The van der Waals surface area contributed by atoms with Gasteiger partial charge in [0, 0.05) is 10.6 Å². The fourth-order valence-corrected chi connectivity index (χ4v) is 3.90. The molecule has 0 atom stereocenters. The number of thiophene rings is 1. The number of carbonyl (C=O) groups excluding carboxylic acids is 1. The highest BCUT2D eigenvalue weighted by atomic mass is 35.5. The van der Waals surface area contributed by atoms with E-state index in [1.165, 1.54) is 16.9 Å². The summed E-state index contributed by atoms with van der Waals surface area (Å²) in [6.45, 7) is 5.04. The molecule has 0 saturated carbocycles. The normalized spacial score (nSPS) is 10.8. The molecule has 0 aliphatic heterocycles. The Morgan fingerprint density at radius 3 is 2.77 bits per heavy atom. The Labute approximate surface area is 189 Å². The summed E-state index contributed by atoms with van der Waals surface area (Å²) in [7, 11) is 0. The van der Waals surface area contributed by atoms with E-state index in [0.717, 1.165) is 22.4 Å². The number of nitrogens with one attached hydrogen (secondary N) is 1. The zero-order chi connectivity index (χ0) is 21.8. The van der Waals surface area contributed by atoms with Gasteiger partial charge >= 0.3 is 0 Å². The maximum absolute atomic E-state index is 12.6. The van der Waals surface area contributed by atoms with E-state index in [0.29, 0.717) is 23.1 Å². The molecule has 0 aliphatic rings. The van der Waals surface area contributed by atoms with E-state index in [4.69, 9.17) is 16.3 Å². The van der Waals surface area contributed by atoms with Crippen molar-refractivity contribution in [3.05, 3.63) is 92.4 Å². The number of amides is 1. The second-order valence-electron chi connectivity index (χ2n) is 7.15. The molecule has 6 nitrogen and oxygen atoms in total. The Hall–Kier alpha value is -3.16. The maximum atomic E-state index is 12.6. The van der Waals surface area contributed by atoms with E-state index in [1.54, 1.807) is 11.0 Å². The molecular weight excluding hydrogens is 432 g/mol. The first kappa shape index (κ1) is 21.1. The average molecular weight is 453 g/mol. The Morgan fingerprint density at radius 2 is 1.97 bits per heavy atom. The predicted octanol–water partition coefficient (Wildman–Crippen LogP) is 5.49. The third-order valence-corrected chi connectivity index (χ3v) is 6.08. The minimum atomic E-state index is -0.243. The van der Waals surface area contributed by atoms with Crippen LogP contribution in [-0.4, -0.2) is 20.7 Å². The van der Waals surface area contributed by atoms with Gasteiger partial charge in [-0.15, -0.1) is 16.4 Å². The predicted molar refractivity (Wildman–Crippen MR) is 123 cm³/mol. The van der Waals surface area contributed by atoms with E-state index in [-0.39, 0.29) is 11.9 Å². The van der Waals surface area contributed by atoms with Gasteiger partial charge in [-0.05, 0) is 60.2 Å². The van der Waals surface area contributed by atoms with Crippen molar-refractivity contribution in [1.82, 2.24) is 14.8 Å². The average Bonchev–Trinajstić information content (AvgIpc) is 3.40. The molecular formula is C23H21ClN4O2S. The molecule has 0 aliphatic carbocycles. The third kappa shape index (κ3) is 5.31. The molecule has 1 N–H and O–H groups in total. The zero-order valence-corrected chi connectivity index (χ0v) is 18.7. The monoisotopic (exact) mass is 452 g/mol. The molecule has 0 spiro atoms. The van der Waals surface area contributed by atoms with Crippen LogP contribution in [0.1, 0.15) is 31.9 Å². The van der Waals surface area contributed by atoms with E-state index in [9.17, 15) is 4.79 Å². The number of rotatable bonds is 7. The molecule has 158 valence electrons. The lowest BCUT2D eigenvalue weighted by atomic mass is 10.1. The summed E-state index contributed by atoms with van der Waals surface area (Å²) in [6.07, 6.45) is 1.59. The standard InChI is InChI=1S/C23H21ClN4O2S/c1-15-4-3-5-20(16(15)2)30-12-18-10-21(31-13-18)22(29)26-23-25-14-28(27-23)11-17-6-8-19(24)9-7-17/h3-10,13-14H,11-12H2,1-2H3,(H,26,27,29). The van der Waals surface area contributed by atoms with Crippen LogP contribution in [0.4, 0.5) is 5.95 Å². The molecule has 4 rings (SSSR count). The maximum Gasteiger partial charge on any atom is 0.268 e. The summed E-state index contributed by atoms with van der Waals surface area (Å²) < 4.78 is 7.58. The van der Waals surface area contributed by atoms with Gasteiger partial charge in [0.15, 0.2) is 0 Å². The van der Waals surface area contributed by atoms with Crippen molar-refractivity contribution in [1.29, 1.82) is 0 Å². The van der Waals surface area contributed by atoms with Gasteiger partial charge in [0.05, 0.1) is 11.4 Å². The fraction of sp³-hybridized carbons (Fsp3) is 0.174. The number of aromatic nitrogens is 3. The largest absolute Gasteiger partial charge is 0.489 e. The smallest absolute Gasteiger partial charge is 0.268 e. The first-order chi connectivity index (χ1) is 15.0. The molecule has 4 aromatic rings. The molecule has 0 bridgehead atoms. The second-order valence-corrected chi connectivity index (χ2v) is 8.50. The molecule has 0 saturated heterocycles. The minimum absolute atomic E-state index is 0.243. The number of hydrogen-bond donors (Lipinski definition) is 1. The van der Waals surface area contributed by atoms with Crippen LogP contribution in [0.25, 0.3) is 0 Å². The summed E-state index contributed by atoms with van der Waals surface area (Å²) in [5.74, 6) is 0.875. The lowest BCUT2D eigenvalue weighted by molar-refractivity contribution is 0.102. The van der Waals surface area contributed by atoms with E-state index in [1.807, 2.05) is 54.8 Å². The number of aryl methyl sites for hydroxylation is 1. The van der Waals surface area contributed by atoms with Crippen molar-refractivity contribution in [2.45, 2.75) is 27.0 Å². The minimum Gasteiger partial charge on any atom is -0.489 e. The molecule has 0 fully saturated rings. The second kappa shape index (κ2) is 9.32. The fourth-order valence-electron chi connectivity index (χ4n) is 2.98. The van der Waals surface area contributed by atoms with Crippen molar-refractivity contribution >= 4 is 34.8 Å². The lowest BCUT2D eigenvalue weighted by Gasteiger charge is -2.09. The number of carbonyl (C=O) groups is 1. The first-order valence-electron chi connectivity index (χ1n) is 9.69. The highest BCUT2D eigenvalue weighted by molar-refractivity contribution is 7.12. The molecule has 0 radical (unpaired) electrons. The quantitative estimate of drug-likeness (QED) is 0.402. The van der Waals surface area contributed by atoms with Crippen LogP contribution in [0.15, 0.2) is 60.2 Å². The number of anilines is 1. The van der Waals surface area contributed by atoms with Gasteiger partial charge in [-0.3, -0.25) is 10.1 Å². The SMILES string of the molecule is Cc1cccc(OCc2csc(C(=O)Nc3ncn(Cc4ccc(Cl)cc4)n3)c2)c1C. The van der Waals surface area contributed by atoms with Crippen LogP contribution in [0.2, 0.25) is 5.02 Å². The summed E-state index contributed by atoms with van der Waals surface area (Å²) >= 11 is 7.27. The van der Waals surface area contributed by atoms with E-state index >= 15 is 0 Å². The summed E-state index contributed by atoms with van der Waals surface area (Å²) in [4.78, 5) is 17.3. The van der Waals surface area contributed by atoms with E-state index < -0.39 is 0 Å². The summed E-state index contributed by atoms with van der Waals surface area (Å²) in [6, 6.07) is 15.3. The topological polar surface area (TPSA) is 69.0 Å². The van der Waals surface area contributed by atoms with Gasteiger partial charge < -0.3 is 4.74 Å². The Morgan fingerprint density at radius 1 is 1.16 bits per heavy atom. The van der Waals surface area contributed by atoms with Crippen molar-refractivity contribution < 1.29 is 9.53 Å². The number of benzene rings is 2. The van der Waals surface area contributed by atoms with Gasteiger partial charge in [-0.2, -0.15) is 0 Å². The number of ether oxygens (including phenoxy) is 1. The highest BCUT2D eigenvalue weighted by Crippen LogP contribution is 2.23. The van der Waals surface area contributed by atoms with E-state index in [2.05, 4.69) is 28.4 Å². The van der Waals surface area contributed by atoms with Crippen LogP contribution in [0, 0.1) is 13.8 Å². The van der Waals surface area contributed by atoms with Crippen molar-refractivity contribution in [3.63, 3.8) is 0 Å². The molecule has 1 amide bonds. The van der Waals surface area contributed by atoms with Crippen LogP contribution in [0.3, 0.4) is 0 Å². The molecule has 2 aromatic heterocycles. The van der Waals surface area contributed by atoms with Gasteiger partial charge in [0.2, 0.25) is 5.95 Å². The van der Waals surface area contributed by atoms with Gasteiger partial charge in [0.1, 0.15) is 18.7 Å². The Balaban J connectivity index is 1.34. The highest BCUT2D eigenvalue weighted by Gasteiger charge is 2.13. The van der Waals surface area contributed by atoms with Gasteiger partial charge in [-0.1, -0.05) is 35.9 Å². The van der Waals surface area contributed by atoms with Crippen LogP contribution in [0.5, 0.6) is 5.75 Å². The molecule has 0 unspecified atom stereocenters. The molecule has 31 heavy (non-hydrogen) atoms. The van der Waals surface area contributed by atoms with Crippen LogP contribution < -0.4 is 10.1 Å².